The number of rotatable bonds is 11. The minimum Gasteiger partial charge on any atom is -0.505 e. The molecule has 6 rings (SSSR count). The van der Waals surface area contributed by atoms with Crippen LogP contribution in [0.5, 0.6) is 5.75 Å². The summed E-state index contributed by atoms with van der Waals surface area (Å²) < 4.78 is 105. The standard InChI is InChI=1S/C34H28N10O10S3/c35-19-6-12-25(24(36)16-19)42-39-22-9-7-20(8-10-22)38-26-13-11-23(17-27(26)55(46,47)48)41-43-32-28(56(49,50)51)14-18-15-29(57(52,53)54)33(34(45)30(18)31(32)37)44-40-21-4-2-1-3-5-21/h1-17,38,45H,35-37H2,(H,46,47,48)(H,49,50,51)(H,52,53,54)/b42-39+,43-41+,44-40+. The maximum absolute atomic E-state index is 12.5. The molecule has 20 nitrogen and oxygen atoms in total. The van der Waals surface area contributed by atoms with Crippen LogP contribution in [0.3, 0.4) is 0 Å². The van der Waals surface area contributed by atoms with E-state index in [-0.39, 0.29) is 17.1 Å². The van der Waals surface area contributed by atoms with E-state index in [1.165, 1.54) is 30.3 Å². The van der Waals surface area contributed by atoms with Crippen LogP contribution in [0.15, 0.2) is 149 Å². The second-order valence-electron chi connectivity index (χ2n) is 11.8. The predicted octanol–water partition coefficient (Wildman–Crippen LogP) is 8.02. The van der Waals surface area contributed by atoms with Gasteiger partial charge in [-0.25, -0.2) is 0 Å². The molecule has 0 amide bonds. The fourth-order valence-electron chi connectivity index (χ4n) is 5.25. The van der Waals surface area contributed by atoms with Crippen molar-refractivity contribution < 1.29 is 44.0 Å². The second-order valence-corrected chi connectivity index (χ2v) is 16.0. The van der Waals surface area contributed by atoms with Crippen LogP contribution in [-0.4, -0.2) is 44.0 Å². The molecular weight excluding hydrogens is 805 g/mol. The highest BCUT2D eigenvalue weighted by Gasteiger charge is 2.28. The second kappa shape index (κ2) is 15.3. The minimum atomic E-state index is -5.20. The number of fused-ring (bicyclic) bond motifs is 1. The predicted molar refractivity (Wildman–Crippen MR) is 210 cm³/mol. The molecule has 11 N–H and O–H groups in total. The van der Waals surface area contributed by atoms with Crippen molar-refractivity contribution >= 4 is 104 Å². The smallest absolute Gasteiger partial charge is 0.296 e. The molecule has 23 heteroatoms. The number of hydrogen-bond donors (Lipinski definition) is 8. The van der Waals surface area contributed by atoms with Gasteiger partial charge in [0.1, 0.15) is 31.7 Å². The Hall–Kier alpha value is -6.89. The maximum atomic E-state index is 12.5. The molecule has 0 aliphatic heterocycles. The number of anilines is 5. The van der Waals surface area contributed by atoms with Crippen LogP contribution >= 0.6 is 0 Å². The lowest BCUT2D eigenvalue weighted by atomic mass is 10.1. The van der Waals surface area contributed by atoms with Gasteiger partial charge in [0.2, 0.25) is 0 Å². The number of phenolic OH excluding ortho intramolecular Hbond substituents is 1. The molecule has 0 atom stereocenters. The van der Waals surface area contributed by atoms with Crippen molar-refractivity contribution in [3.05, 3.63) is 103 Å². The third-order valence-corrected chi connectivity index (χ3v) is 10.5. The molecule has 0 saturated carbocycles. The number of phenols is 1. The van der Waals surface area contributed by atoms with E-state index in [1.807, 2.05) is 0 Å². The number of aromatic hydroxyl groups is 1. The fourth-order valence-corrected chi connectivity index (χ4v) is 7.24. The lowest BCUT2D eigenvalue weighted by molar-refractivity contribution is 0.472. The molecule has 0 heterocycles. The molecule has 0 fully saturated rings. The largest absolute Gasteiger partial charge is 0.505 e. The highest BCUT2D eigenvalue weighted by atomic mass is 32.2. The Morgan fingerprint density at radius 2 is 1.07 bits per heavy atom. The van der Waals surface area contributed by atoms with Crippen LogP contribution < -0.4 is 22.5 Å². The van der Waals surface area contributed by atoms with Crippen LogP contribution in [0, 0.1) is 0 Å². The zero-order chi connectivity index (χ0) is 41.3. The molecule has 0 spiro atoms. The van der Waals surface area contributed by atoms with Crippen molar-refractivity contribution in [2.75, 3.05) is 22.5 Å². The average molecular weight is 833 g/mol. The number of benzene rings is 6. The van der Waals surface area contributed by atoms with Crippen LogP contribution in [0.4, 0.5) is 62.6 Å². The number of hydrogen-bond acceptors (Lipinski definition) is 17. The van der Waals surface area contributed by atoms with Crippen LogP contribution in [0.25, 0.3) is 10.8 Å². The van der Waals surface area contributed by atoms with Gasteiger partial charge in [-0.05, 0) is 90.3 Å². The summed E-state index contributed by atoms with van der Waals surface area (Å²) in [6, 6.07) is 23.6. The van der Waals surface area contributed by atoms with Gasteiger partial charge in [0, 0.05) is 11.4 Å². The van der Waals surface area contributed by atoms with Gasteiger partial charge in [0.05, 0.1) is 39.5 Å². The third kappa shape index (κ3) is 8.99. The number of azo groups is 3. The first kappa shape index (κ1) is 39.8. The molecule has 292 valence electrons. The van der Waals surface area contributed by atoms with Gasteiger partial charge in [0.15, 0.2) is 5.75 Å². The van der Waals surface area contributed by atoms with Crippen LogP contribution in [0.2, 0.25) is 0 Å². The molecule has 6 aromatic carbocycles. The molecule has 0 radical (unpaired) electrons. The molecule has 0 aliphatic carbocycles. The van der Waals surface area contributed by atoms with Crippen molar-refractivity contribution in [3.63, 3.8) is 0 Å². The van der Waals surface area contributed by atoms with Gasteiger partial charge in [-0.15, -0.1) is 15.3 Å². The first-order valence-corrected chi connectivity index (χ1v) is 20.1. The average Bonchev–Trinajstić information content (AvgIpc) is 3.13. The minimum absolute atomic E-state index is 0.110. The first-order chi connectivity index (χ1) is 26.8. The zero-order valence-electron chi connectivity index (χ0n) is 28.7. The van der Waals surface area contributed by atoms with Crippen molar-refractivity contribution in [2.45, 2.75) is 14.7 Å². The number of nitrogens with zero attached hydrogens (tertiary/aromatic N) is 6. The Bertz CT molecular complexity index is 3000. The summed E-state index contributed by atoms with van der Waals surface area (Å²) in [6.07, 6.45) is 0. The van der Waals surface area contributed by atoms with Gasteiger partial charge >= 0.3 is 0 Å². The monoisotopic (exact) mass is 832 g/mol. The first-order valence-electron chi connectivity index (χ1n) is 15.8. The van der Waals surface area contributed by atoms with E-state index >= 15 is 0 Å². The summed E-state index contributed by atoms with van der Waals surface area (Å²) >= 11 is 0. The molecule has 6 aromatic rings. The van der Waals surface area contributed by atoms with Gasteiger partial charge < -0.3 is 27.6 Å². The van der Waals surface area contributed by atoms with Crippen LogP contribution in [-0.2, 0) is 30.4 Å². The lowest BCUT2D eigenvalue weighted by Gasteiger charge is -2.14. The number of nitrogens with two attached hydrogens (primary N) is 3. The molecule has 0 unspecified atom stereocenters. The molecule has 0 aromatic heterocycles. The summed E-state index contributed by atoms with van der Waals surface area (Å²) in [5, 5.41) is 36.8. The summed E-state index contributed by atoms with van der Waals surface area (Å²) in [4.78, 5) is -2.66. The molecule has 0 bridgehead atoms. The van der Waals surface area contributed by atoms with Crippen molar-refractivity contribution in [1.29, 1.82) is 0 Å². The SMILES string of the molecule is Nc1ccc(/N=N/c2ccc(Nc3ccc(/N=N/c4c(S(=O)(=O)O)cc5cc(S(=O)(=O)O)c(/N=N/c6ccccc6)c(O)c5c4N)cc3S(=O)(=O)O)cc2)c(N)c1. The summed E-state index contributed by atoms with van der Waals surface area (Å²) in [7, 11) is -15.3. The molecular formula is C34H28N10O10S3. The van der Waals surface area contributed by atoms with E-state index in [0.29, 0.717) is 34.5 Å². The highest BCUT2D eigenvalue weighted by molar-refractivity contribution is 7.86. The maximum Gasteiger partial charge on any atom is 0.296 e. The summed E-state index contributed by atoms with van der Waals surface area (Å²) in [5.41, 5.74) is 17.5. The normalized spacial score (nSPS) is 12.6. The third-order valence-electron chi connectivity index (χ3n) is 7.87. The Labute approximate surface area is 323 Å². The Morgan fingerprint density at radius 1 is 0.526 bits per heavy atom. The van der Waals surface area contributed by atoms with E-state index in [0.717, 1.165) is 12.1 Å². The number of nitrogens with one attached hydrogen (secondary N) is 1. The zero-order valence-corrected chi connectivity index (χ0v) is 31.1. The quantitative estimate of drug-likeness (QED) is 0.0348. The Morgan fingerprint density at radius 3 is 1.68 bits per heavy atom. The fraction of sp³-hybridized carbons (Fsp3) is 0. The number of nitrogen functional groups attached to an aromatic ring is 3. The van der Waals surface area contributed by atoms with E-state index in [2.05, 4.69) is 36.0 Å². The molecule has 0 saturated heterocycles. The molecule has 0 aliphatic rings. The summed E-state index contributed by atoms with van der Waals surface area (Å²) in [6.45, 7) is 0. The van der Waals surface area contributed by atoms with E-state index in [1.54, 1.807) is 54.6 Å². The Kier molecular flexibility index (Phi) is 10.7. The Balaban J connectivity index is 1.37. The van der Waals surface area contributed by atoms with E-state index in [9.17, 15) is 44.0 Å². The van der Waals surface area contributed by atoms with Gasteiger partial charge in [-0.3, -0.25) is 13.7 Å². The topological polar surface area (TPSA) is 348 Å². The molecule has 57 heavy (non-hydrogen) atoms. The lowest BCUT2D eigenvalue weighted by Crippen LogP contribution is -2.04. The van der Waals surface area contributed by atoms with E-state index < -0.39 is 78.6 Å². The van der Waals surface area contributed by atoms with Crippen molar-refractivity contribution in [3.8, 4) is 5.75 Å². The van der Waals surface area contributed by atoms with Gasteiger partial charge in [-0.1, -0.05) is 18.2 Å². The summed E-state index contributed by atoms with van der Waals surface area (Å²) in [5.74, 6) is -0.970. The highest BCUT2D eigenvalue weighted by Crippen LogP contribution is 2.48. The van der Waals surface area contributed by atoms with Crippen LogP contribution in [0.1, 0.15) is 0 Å². The van der Waals surface area contributed by atoms with Crippen molar-refractivity contribution in [2.24, 2.45) is 30.7 Å². The van der Waals surface area contributed by atoms with Gasteiger partial charge in [0.25, 0.3) is 30.4 Å². The van der Waals surface area contributed by atoms with E-state index in [4.69, 9.17) is 17.2 Å². The van der Waals surface area contributed by atoms with Crippen molar-refractivity contribution in [1.82, 2.24) is 0 Å². The van der Waals surface area contributed by atoms with Gasteiger partial charge in [-0.2, -0.15) is 40.6 Å².